The molecule has 0 spiro atoms. The fourth-order valence-electron chi connectivity index (χ4n) is 2.82. The van der Waals surface area contributed by atoms with Crippen molar-refractivity contribution in [2.75, 3.05) is 0 Å². The van der Waals surface area contributed by atoms with Crippen LogP contribution in [0.25, 0.3) is 0 Å². The largest absolute Gasteiger partial charge is 0.348 e. The van der Waals surface area contributed by atoms with E-state index in [1.165, 1.54) is 18.7 Å². The van der Waals surface area contributed by atoms with Crippen LogP contribution in [0.15, 0.2) is 58.4 Å². The van der Waals surface area contributed by atoms with Crippen molar-refractivity contribution in [3.63, 3.8) is 0 Å². The molecule has 1 N–H and O–H groups in total. The fourth-order valence-corrected chi connectivity index (χ4v) is 3.04. The third kappa shape index (κ3) is 3.93. The zero-order valence-corrected chi connectivity index (χ0v) is 17.6. The predicted molar refractivity (Wildman–Crippen MR) is 112 cm³/mol. The van der Waals surface area contributed by atoms with Crippen LogP contribution in [0.1, 0.15) is 21.6 Å². The third-order valence-electron chi connectivity index (χ3n) is 4.35. The Morgan fingerprint density at radius 1 is 1.04 bits per heavy atom. The molecule has 0 aliphatic heterocycles. The molecule has 146 valence electrons. The van der Waals surface area contributed by atoms with Crippen LogP contribution < -0.4 is 16.6 Å². The molecule has 0 unspecified atom stereocenters. The summed E-state index contributed by atoms with van der Waals surface area (Å²) in [6.45, 7) is 0.119. The molecule has 9 heteroatoms. The lowest BCUT2D eigenvalue weighted by Crippen LogP contribution is -2.43. The summed E-state index contributed by atoms with van der Waals surface area (Å²) in [6, 6.07) is 9.62. The van der Waals surface area contributed by atoms with Crippen molar-refractivity contribution in [1.29, 1.82) is 5.41 Å². The molecule has 0 fully saturated rings. The molecule has 3 aromatic rings. The Morgan fingerprint density at radius 3 is 2.25 bits per heavy atom. The van der Waals surface area contributed by atoms with E-state index in [4.69, 9.17) is 17.0 Å². The summed E-state index contributed by atoms with van der Waals surface area (Å²) in [7, 11) is 2.85. The number of nitrogens with one attached hydrogen (secondary N) is 1. The van der Waals surface area contributed by atoms with E-state index in [0.29, 0.717) is 5.36 Å². The first-order chi connectivity index (χ1) is 12.8. The van der Waals surface area contributed by atoms with E-state index >= 15 is 0 Å². The second-order valence-corrected chi connectivity index (χ2v) is 6.50. The number of hydrogen-bond acceptors (Lipinski definition) is 4. The number of carbonyl (C=O) groups excluding carboxylic acids is 1. The lowest BCUT2D eigenvalue weighted by molar-refractivity contribution is 0.103. The Balaban J connectivity index is 0.00000280. The van der Waals surface area contributed by atoms with Gasteiger partial charge in [0.05, 0.1) is 22.6 Å². The van der Waals surface area contributed by atoms with E-state index in [2.05, 4.69) is 0 Å². The molecule has 0 atom stereocenters. The normalized spacial score (nSPS) is 10.4. The molecule has 0 saturated heterocycles. The Kier molecular flexibility index (Phi) is 6.58. The van der Waals surface area contributed by atoms with E-state index in [-0.39, 0.29) is 45.4 Å². The molecule has 0 saturated carbocycles. The van der Waals surface area contributed by atoms with Crippen LogP contribution in [0, 0.1) is 5.41 Å². The maximum atomic E-state index is 13.1. The first-order valence-electron chi connectivity index (χ1n) is 8.10. The summed E-state index contributed by atoms with van der Waals surface area (Å²) < 4.78 is 3.88. The van der Waals surface area contributed by atoms with Crippen LogP contribution in [0.5, 0.6) is 0 Å². The lowest BCUT2D eigenvalue weighted by Gasteiger charge is -2.16. The molecule has 7 nitrogen and oxygen atoms in total. The lowest BCUT2D eigenvalue weighted by atomic mass is 10.0. The van der Waals surface area contributed by atoms with Crippen molar-refractivity contribution < 1.29 is 4.79 Å². The SMILES string of the molecule is Br.Cn1c(Cn2ccc(=N)cc2)c(C(=O)c2ccccc2Cl)c(=O)n(C)c1=O. The third-order valence-corrected chi connectivity index (χ3v) is 4.68. The first-order valence-corrected chi connectivity index (χ1v) is 8.48. The van der Waals surface area contributed by atoms with Gasteiger partial charge in [0.15, 0.2) is 0 Å². The minimum Gasteiger partial charge on any atom is -0.348 e. The van der Waals surface area contributed by atoms with Gasteiger partial charge >= 0.3 is 5.69 Å². The monoisotopic (exact) mass is 464 g/mol. The second-order valence-electron chi connectivity index (χ2n) is 6.10. The summed E-state index contributed by atoms with van der Waals surface area (Å²) in [5.74, 6) is -0.537. The highest BCUT2D eigenvalue weighted by Crippen LogP contribution is 2.19. The molecule has 0 amide bonds. The fraction of sp³-hybridized carbons (Fsp3) is 0.158. The van der Waals surface area contributed by atoms with Gasteiger partial charge in [-0.3, -0.25) is 18.7 Å². The number of rotatable bonds is 4. The van der Waals surface area contributed by atoms with Gasteiger partial charge in [-0.25, -0.2) is 4.79 Å². The van der Waals surface area contributed by atoms with Gasteiger partial charge in [-0.2, -0.15) is 0 Å². The summed E-state index contributed by atoms with van der Waals surface area (Å²) >= 11 is 6.14. The molecule has 3 rings (SSSR count). The highest BCUT2D eigenvalue weighted by atomic mass is 79.9. The van der Waals surface area contributed by atoms with Gasteiger partial charge in [0.1, 0.15) is 5.56 Å². The Bertz CT molecular complexity index is 1210. The number of aromatic nitrogens is 3. The van der Waals surface area contributed by atoms with Crippen LogP contribution >= 0.6 is 28.6 Å². The Morgan fingerprint density at radius 2 is 1.64 bits per heavy atom. The Hall–Kier alpha value is -2.71. The number of ketones is 1. The number of nitrogens with zero attached hydrogens (tertiary/aromatic N) is 3. The van der Waals surface area contributed by atoms with E-state index in [0.717, 1.165) is 4.57 Å². The van der Waals surface area contributed by atoms with Crippen molar-refractivity contribution in [1.82, 2.24) is 13.7 Å². The topological polar surface area (TPSA) is 89.8 Å². The van der Waals surface area contributed by atoms with Gasteiger partial charge < -0.3 is 9.98 Å². The number of benzene rings is 1. The minimum atomic E-state index is -0.671. The molecule has 0 aliphatic carbocycles. The average Bonchev–Trinajstić information content (AvgIpc) is 2.66. The van der Waals surface area contributed by atoms with Crippen LogP contribution in [0.2, 0.25) is 5.02 Å². The zero-order chi connectivity index (χ0) is 19.7. The van der Waals surface area contributed by atoms with Crippen molar-refractivity contribution in [2.24, 2.45) is 14.1 Å². The molecule has 0 aliphatic rings. The van der Waals surface area contributed by atoms with Gasteiger partial charge in [-0.1, -0.05) is 23.7 Å². The molecule has 28 heavy (non-hydrogen) atoms. The van der Waals surface area contributed by atoms with Crippen molar-refractivity contribution in [2.45, 2.75) is 6.54 Å². The minimum absolute atomic E-state index is 0. The molecule has 2 aromatic heterocycles. The van der Waals surface area contributed by atoms with Crippen LogP contribution in [-0.4, -0.2) is 19.5 Å². The van der Waals surface area contributed by atoms with Gasteiger partial charge in [-0.15, -0.1) is 17.0 Å². The molecular weight excluding hydrogens is 448 g/mol. The maximum absolute atomic E-state index is 13.1. The summed E-state index contributed by atoms with van der Waals surface area (Å²) in [5.41, 5.74) is -0.826. The highest BCUT2D eigenvalue weighted by molar-refractivity contribution is 8.93. The van der Waals surface area contributed by atoms with Gasteiger partial charge in [0.25, 0.3) is 5.56 Å². The smallest absolute Gasteiger partial charge is 0.330 e. The number of halogens is 2. The van der Waals surface area contributed by atoms with E-state index in [1.807, 2.05) is 0 Å². The summed E-state index contributed by atoms with van der Waals surface area (Å²) in [5, 5.41) is 8.13. The van der Waals surface area contributed by atoms with Crippen molar-refractivity contribution >= 4 is 34.4 Å². The Labute approximate surface area is 175 Å². The molecule has 1 aromatic carbocycles. The van der Waals surface area contributed by atoms with E-state index in [9.17, 15) is 14.4 Å². The first kappa shape index (κ1) is 21.6. The maximum Gasteiger partial charge on any atom is 0.330 e. The van der Waals surface area contributed by atoms with E-state index < -0.39 is 17.0 Å². The van der Waals surface area contributed by atoms with Crippen molar-refractivity contribution in [3.8, 4) is 0 Å². The summed E-state index contributed by atoms with van der Waals surface area (Å²) in [4.78, 5) is 38.3. The molecule has 0 bridgehead atoms. The zero-order valence-electron chi connectivity index (χ0n) is 15.2. The second kappa shape index (κ2) is 8.53. The molecule has 2 heterocycles. The quantitative estimate of drug-likeness (QED) is 0.597. The average molecular weight is 466 g/mol. The predicted octanol–water partition coefficient (Wildman–Crippen LogP) is 1.88. The van der Waals surface area contributed by atoms with Gasteiger partial charge in [0.2, 0.25) is 5.78 Å². The summed E-state index contributed by atoms with van der Waals surface area (Å²) in [6.07, 6.45) is 3.29. The van der Waals surface area contributed by atoms with Gasteiger partial charge in [-0.05, 0) is 24.3 Å². The number of hydrogen-bond donors (Lipinski definition) is 1. The van der Waals surface area contributed by atoms with E-state index in [1.54, 1.807) is 53.4 Å². The number of pyridine rings is 1. The van der Waals surface area contributed by atoms with Crippen LogP contribution in [-0.2, 0) is 20.6 Å². The molecular formula is C19H18BrClN4O3. The standard InChI is InChI=1S/C19H17ClN4O3.BrH/c1-22-15(11-24-9-7-12(21)8-10-24)16(18(26)23(2)19(22)27)17(25)13-5-3-4-6-14(13)20;/h3-10,21H,11H2,1-2H3;1H. The van der Waals surface area contributed by atoms with Crippen LogP contribution in [0.4, 0.5) is 0 Å². The number of carbonyl (C=O) groups is 1. The van der Waals surface area contributed by atoms with Crippen molar-refractivity contribution in [3.05, 3.63) is 96.8 Å². The molecule has 0 radical (unpaired) electrons. The highest BCUT2D eigenvalue weighted by Gasteiger charge is 2.24. The van der Waals surface area contributed by atoms with Crippen LogP contribution in [0.3, 0.4) is 0 Å². The van der Waals surface area contributed by atoms with Gasteiger partial charge in [0, 0.05) is 32.1 Å².